The number of methoxy groups -OCH3 is 1. The highest BCUT2D eigenvalue weighted by atomic mass is 16.7. The Bertz CT molecular complexity index is 698. The Morgan fingerprint density at radius 2 is 1.64 bits per heavy atom. The summed E-state index contributed by atoms with van der Waals surface area (Å²) < 4.78 is 16.6. The summed E-state index contributed by atoms with van der Waals surface area (Å²) in [6.45, 7) is 0.500. The topological polar surface area (TPSA) is 85.3 Å². The zero-order valence-corrected chi connectivity index (χ0v) is 16.8. The molecule has 1 heterocycles. The van der Waals surface area contributed by atoms with Crippen molar-refractivity contribution in [2.45, 2.75) is 55.8 Å². The van der Waals surface area contributed by atoms with Crippen LogP contribution in [0.15, 0.2) is 24.3 Å². The molecule has 1 aliphatic carbocycles. The Morgan fingerprint density at radius 1 is 1.07 bits per heavy atom. The van der Waals surface area contributed by atoms with Crippen molar-refractivity contribution in [2.24, 2.45) is 0 Å². The molecular weight excluding hydrogens is 362 g/mol. The number of rotatable bonds is 5. The monoisotopic (exact) mass is 391 g/mol. The maximum atomic E-state index is 12.3. The fraction of sp³-hybridized carbons (Fsp3) is 0.619. The van der Waals surface area contributed by atoms with E-state index in [1.54, 1.807) is 7.11 Å². The number of hydrogen-bond acceptors (Lipinski definition) is 7. The molecule has 2 atom stereocenters. The Balaban J connectivity index is 2.07. The minimum atomic E-state index is -1.66. The van der Waals surface area contributed by atoms with Crippen LogP contribution in [-0.2, 0) is 19.1 Å². The third kappa shape index (κ3) is 3.86. The maximum Gasteiger partial charge on any atom is 0.309 e. The molecule has 1 saturated heterocycles. The van der Waals surface area contributed by atoms with Crippen molar-refractivity contribution in [2.75, 3.05) is 27.7 Å². The highest BCUT2D eigenvalue weighted by molar-refractivity contribution is 5.80. The van der Waals surface area contributed by atoms with Gasteiger partial charge < -0.3 is 24.2 Å². The first-order valence-electron chi connectivity index (χ1n) is 9.74. The van der Waals surface area contributed by atoms with E-state index in [4.69, 9.17) is 14.2 Å². The molecule has 7 nitrogen and oxygen atoms in total. The molecule has 2 unspecified atom stereocenters. The zero-order valence-electron chi connectivity index (χ0n) is 16.8. The quantitative estimate of drug-likeness (QED) is 0.771. The van der Waals surface area contributed by atoms with E-state index in [0.717, 1.165) is 12.0 Å². The van der Waals surface area contributed by atoms with E-state index in [2.05, 4.69) is 0 Å². The number of aliphatic hydroxyl groups is 1. The van der Waals surface area contributed by atoms with Crippen molar-refractivity contribution in [1.29, 1.82) is 0 Å². The predicted molar refractivity (Wildman–Crippen MR) is 102 cm³/mol. The molecule has 154 valence electrons. The number of ether oxygens (including phenoxy) is 3. The number of likely N-dealkylation sites (N-methyl/N-ethyl adjacent to an activating group) is 1. The summed E-state index contributed by atoms with van der Waals surface area (Å²) in [5.41, 5.74) is -0.658. The van der Waals surface area contributed by atoms with Gasteiger partial charge in [0.1, 0.15) is 11.4 Å². The van der Waals surface area contributed by atoms with Crippen molar-refractivity contribution in [3.05, 3.63) is 29.8 Å². The molecule has 28 heavy (non-hydrogen) atoms. The minimum absolute atomic E-state index is 0.0302. The number of carbonyl (C=O) groups is 2. The number of nitrogens with zero attached hydrogens (tertiary/aromatic N) is 1. The van der Waals surface area contributed by atoms with E-state index < -0.39 is 29.2 Å². The molecule has 0 radical (unpaired) electrons. The van der Waals surface area contributed by atoms with Crippen molar-refractivity contribution >= 4 is 11.9 Å². The van der Waals surface area contributed by atoms with Crippen LogP contribution in [0.4, 0.5) is 0 Å². The van der Waals surface area contributed by atoms with Crippen LogP contribution in [0.25, 0.3) is 0 Å². The molecule has 0 aromatic heterocycles. The summed E-state index contributed by atoms with van der Waals surface area (Å²) in [7, 11) is 5.43. The molecule has 2 fully saturated rings. The van der Waals surface area contributed by atoms with Crippen LogP contribution in [0.2, 0.25) is 0 Å². The SMILES string of the molecule is COc1ccc(C(CN(C)C)C2(O)CCCCC23OC(=O)CCC(=O)O3)cc1. The predicted octanol–water partition coefficient (Wildman–Crippen LogP) is 2.22. The van der Waals surface area contributed by atoms with Crippen LogP contribution >= 0.6 is 0 Å². The number of esters is 2. The molecule has 3 rings (SSSR count). The van der Waals surface area contributed by atoms with Gasteiger partial charge in [-0.3, -0.25) is 9.59 Å². The van der Waals surface area contributed by atoms with Gasteiger partial charge >= 0.3 is 11.9 Å². The Morgan fingerprint density at radius 3 is 2.18 bits per heavy atom. The normalized spacial score (nSPS) is 25.8. The lowest BCUT2D eigenvalue weighted by Gasteiger charge is -2.51. The van der Waals surface area contributed by atoms with Crippen LogP contribution < -0.4 is 4.74 Å². The average Bonchev–Trinajstić information content (AvgIpc) is 2.81. The van der Waals surface area contributed by atoms with Gasteiger partial charge in [0.2, 0.25) is 0 Å². The van der Waals surface area contributed by atoms with E-state index in [9.17, 15) is 14.7 Å². The first-order valence-corrected chi connectivity index (χ1v) is 9.74. The maximum absolute atomic E-state index is 12.3. The molecule has 1 aromatic carbocycles. The van der Waals surface area contributed by atoms with Gasteiger partial charge in [-0.15, -0.1) is 0 Å². The molecule has 1 aromatic rings. The molecular formula is C21H29NO6. The average molecular weight is 391 g/mol. The molecule has 1 N–H and O–H groups in total. The first-order chi connectivity index (χ1) is 13.3. The minimum Gasteiger partial charge on any atom is -0.497 e. The molecule has 1 saturated carbocycles. The lowest BCUT2D eigenvalue weighted by atomic mass is 9.68. The second-order valence-electron chi connectivity index (χ2n) is 7.92. The molecule has 7 heteroatoms. The highest BCUT2D eigenvalue weighted by Crippen LogP contribution is 2.50. The van der Waals surface area contributed by atoms with Crippen LogP contribution in [0.3, 0.4) is 0 Å². The highest BCUT2D eigenvalue weighted by Gasteiger charge is 2.62. The zero-order chi connectivity index (χ0) is 20.4. The van der Waals surface area contributed by atoms with Gasteiger partial charge in [0, 0.05) is 18.9 Å². The summed E-state index contributed by atoms with van der Waals surface area (Å²) in [4.78, 5) is 26.5. The van der Waals surface area contributed by atoms with Crippen LogP contribution in [-0.4, -0.2) is 61.1 Å². The lowest BCUT2D eigenvalue weighted by molar-refractivity contribution is -0.310. The molecule has 1 spiro atoms. The first kappa shape index (κ1) is 20.6. The van der Waals surface area contributed by atoms with Crippen molar-refractivity contribution in [1.82, 2.24) is 4.90 Å². The summed E-state index contributed by atoms with van der Waals surface area (Å²) in [6, 6.07) is 7.46. The molecule has 2 aliphatic rings. The number of carbonyl (C=O) groups excluding carboxylic acids is 2. The smallest absolute Gasteiger partial charge is 0.309 e. The molecule has 0 bridgehead atoms. The summed E-state index contributed by atoms with van der Waals surface area (Å²) in [6.07, 6.45) is 2.07. The fourth-order valence-electron chi connectivity index (χ4n) is 4.31. The van der Waals surface area contributed by atoms with E-state index in [1.165, 1.54) is 0 Å². The van der Waals surface area contributed by atoms with Crippen LogP contribution in [0, 0.1) is 0 Å². The summed E-state index contributed by atoms with van der Waals surface area (Å²) in [5.74, 6) is -2.39. The van der Waals surface area contributed by atoms with Gasteiger partial charge in [-0.1, -0.05) is 12.1 Å². The Labute approximate surface area is 165 Å². The Kier molecular flexibility index (Phi) is 5.95. The largest absolute Gasteiger partial charge is 0.497 e. The van der Waals surface area contributed by atoms with Gasteiger partial charge in [0.15, 0.2) is 0 Å². The van der Waals surface area contributed by atoms with Crippen molar-refractivity contribution < 1.29 is 28.9 Å². The third-order valence-corrected chi connectivity index (χ3v) is 5.71. The summed E-state index contributed by atoms with van der Waals surface area (Å²) >= 11 is 0. The molecule has 1 aliphatic heterocycles. The number of hydrogen-bond donors (Lipinski definition) is 1. The summed E-state index contributed by atoms with van der Waals surface area (Å²) in [5, 5.41) is 12.0. The van der Waals surface area contributed by atoms with Gasteiger partial charge in [0.05, 0.1) is 20.0 Å². The van der Waals surface area contributed by atoms with E-state index in [0.29, 0.717) is 31.6 Å². The van der Waals surface area contributed by atoms with Gasteiger partial charge in [-0.25, -0.2) is 0 Å². The molecule has 0 amide bonds. The second-order valence-corrected chi connectivity index (χ2v) is 7.92. The van der Waals surface area contributed by atoms with Gasteiger partial charge in [0.25, 0.3) is 5.79 Å². The van der Waals surface area contributed by atoms with E-state index >= 15 is 0 Å². The van der Waals surface area contributed by atoms with Crippen LogP contribution in [0.5, 0.6) is 5.75 Å². The van der Waals surface area contributed by atoms with E-state index in [-0.39, 0.29) is 12.8 Å². The van der Waals surface area contributed by atoms with Gasteiger partial charge in [-0.2, -0.15) is 0 Å². The fourth-order valence-corrected chi connectivity index (χ4v) is 4.31. The van der Waals surface area contributed by atoms with Crippen molar-refractivity contribution in [3.8, 4) is 5.75 Å². The Hall–Kier alpha value is -2.12. The van der Waals surface area contributed by atoms with E-state index in [1.807, 2.05) is 43.3 Å². The van der Waals surface area contributed by atoms with Crippen LogP contribution in [0.1, 0.15) is 50.0 Å². The second kappa shape index (κ2) is 8.09. The standard InChI is InChI=1S/C21H29NO6/c1-22(2)14-17(15-6-8-16(26-3)9-7-15)20(25)12-4-5-13-21(20)27-18(23)10-11-19(24)28-21/h6-9,17,25H,4-5,10-14H2,1-3H3. The lowest BCUT2D eigenvalue weighted by Crippen LogP contribution is -2.64. The number of benzene rings is 1. The van der Waals surface area contributed by atoms with Crippen molar-refractivity contribution in [3.63, 3.8) is 0 Å². The van der Waals surface area contributed by atoms with Gasteiger partial charge in [-0.05, 0) is 51.1 Å². The third-order valence-electron chi connectivity index (χ3n) is 5.71.